The molecule has 2 heteroatoms. The summed E-state index contributed by atoms with van der Waals surface area (Å²) < 4.78 is 5.87. The maximum atomic E-state index is 5.87. The molecule has 102 valence electrons. The van der Waals surface area contributed by atoms with E-state index in [1.165, 1.54) is 36.7 Å². The largest absolute Gasteiger partial charge is 0.496 e. The number of allylic oxidation sites excluding steroid dienone is 3. The van der Waals surface area contributed by atoms with Crippen LogP contribution in [0.5, 0.6) is 0 Å². The summed E-state index contributed by atoms with van der Waals surface area (Å²) in [5, 5.41) is 0. The Kier molecular flexibility index (Phi) is 2.80. The van der Waals surface area contributed by atoms with Gasteiger partial charge in [0.1, 0.15) is 13.6 Å². The Morgan fingerprint density at radius 2 is 2.15 bits per heavy atom. The Morgan fingerprint density at radius 1 is 1.25 bits per heavy atom. The number of benzene rings is 1. The minimum absolute atomic E-state index is 0.645. The van der Waals surface area contributed by atoms with Crippen molar-refractivity contribution in [2.75, 3.05) is 7.11 Å². The molecule has 1 nitrogen and oxygen atoms in total. The second kappa shape index (κ2) is 4.54. The first-order chi connectivity index (χ1) is 9.74. The van der Waals surface area contributed by atoms with Crippen LogP contribution in [0.25, 0.3) is 5.76 Å². The van der Waals surface area contributed by atoms with Gasteiger partial charge in [-0.15, -0.1) is 0 Å². The van der Waals surface area contributed by atoms with Crippen molar-refractivity contribution in [3.8, 4) is 0 Å². The van der Waals surface area contributed by atoms with E-state index < -0.39 is 0 Å². The summed E-state index contributed by atoms with van der Waals surface area (Å²) >= 11 is 0. The zero-order valence-electron chi connectivity index (χ0n) is 12.4. The zero-order chi connectivity index (χ0) is 13.7. The number of rotatable bonds is 2. The summed E-state index contributed by atoms with van der Waals surface area (Å²) in [5.74, 6) is 3.48. The number of methoxy groups -OCH3 is 1. The lowest BCUT2D eigenvalue weighted by molar-refractivity contribution is 0.224. The van der Waals surface area contributed by atoms with Crippen LogP contribution in [0.3, 0.4) is 0 Å². The van der Waals surface area contributed by atoms with Gasteiger partial charge in [0, 0.05) is 11.5 Å². The normalized spacial score (nSPS) is 33.0. The quantitative estimate of drug-likeness (QED) is 0.453. The highest BCUT2D eigenvalue weighted by Crippen LogP contribution is 2.54. The molecule has 3 unspecified atom stereocenters. The van der Waals surface area contributed by atoms with E-state index in [4.69, 9.17) is 4.74 Å². The fourth-order valence-corrected chi connectivity index (χ4v) is 4.67. The van der Waals surface area contributed by atoms with Crippen molar-refractivity contribution in [3.63, 3.8) is 0 Å². The van der Waals surface area contributed by atoms with Crippen LogP contribution in [0.1, 0.15) is 31.2 Å². The van der Waals surface area contributed by atoms with Crippen molar-refractivity contribution in [1.82, 2.24) is 0 Å². The summed E-state index contributed by atoms with van der Waals surface area (Å²) in [6.45, 7) is 0. The fraction of sp³-hybridized carbons (Fsp3) is 0.444. The summed E-state index contributed by atoms with van der Waals surface area (Å²) in [6.07, 6.45) is 7.90. The van der Waals surface area contributed by atoms with Gasteiger partial charge in [0.05, 0.1) is 7.11 Å². The molecule has 3 atom stereocenters. The molecule has 4 aliphatic rings. The van der Waals surface area contributed by atoms with E-state index in [1.807, 2.05) is 7.11 Å². The predicted molar refractivity (Wildman–Crippen MR) is 85.6 cm³/mol. The van der Waals surface area contributed by atoms with E-state index in [0.717, 1.165) is 17.6 Å². The highest BCUT2D eigenvalue weighted by molar-refractivity contribution is 6.32. The summed E-state index contributed by atoms with van der Waals surface area (Å²) in [4.78, 5) is 0. The molecular formula is C18H21BO. The van der Waals surface area contributed by atoms with Crippen LogP contribution in [0.15, 0.2) is 41.5 Å². The van der Waals surface area contributed by atoms with Crippen molar-refractivity contribution in [3.05, 3.63) is 47.1 Å². The van der Waals surface area contributed by atoms with Gasteiger partial charge in [0.15, 0.2) is 0 Å². The SMILES string of the molecule is Bc1cccc(/C(OC)=C2/C3C=C4CC(C3)CC2C4)c1. The van der Waals surface area contributed by atoms with Gasteiger partial charge in [-0.3, -0.25) is 0 Å². The van der Waals surface area contributed by atoms with Gasteiger partial charge in [-0.1, -0.05) is 41.4 Å². The van der Waals surface area contributed by atoms with E-state index in [2.05, 4.69) is 38.2 Å². The molecule has 0 spiro atoms. The minimum Gasteiger partial charge on any atom is -0.496 e. The summed E-state index contributed by atoms with van der Waals surface area (Å²) in [6, 6.07) is 8.74. The van der Waals surface area contributed by atoms with E-state index >= 15 is 0 Å². The van der Waals surface area contributed by atoms with Crippen LogP contribution in [-0.4, -0.2) is 15.0 Å². The molecule has 0 N–H and O–H groups in total. The molecule has 4 bridgehead atoms. The summed E-state index contributed by atoms with van der Waals surface area (Å²) in [7, 11) is 3.99. The first kappa shape index (κ1) is 12.3. The predicted octanol–water partition coefficient (Wildman–Crippen LogP) is 2.68. The third-order valence-electron chi connectivity index (χ3n) is 5.29. The van der Waals surface area contributed by atoms with Crippen LogP contribution in [0.4, 0.5) is 0 Å². The van der Waals surface area contributed by atoms with Crippen LogP contribution < -0.4 is 5.46 Å². The topological polar surface area (TPSA) is 9.23 Å². The number of hydrogen-bond donors (Lipinski definition) is 0. The van der Waals surface area contributed by atoms with E-state index in [1.54, 1.807) is 11.1 Å². The molecule has 0 radical (unpaired) electrons. The lowest BCUT2D eigenvalue weighted by Crippen LogP contribution is -2.35. The van der Waals surface area contributed by atoms with Gasteiger partial charge >= 0.3 is 0 Å². The molecule has 0 amide bonds. The molecule has 1 aromatic rings. The molecule has 0 aliphatic heterocycles. The maximum absolute atomic E-state index is 5.87. The van der Waals surface area contributed by atoms with Crippen molar-refractivity contribution < 1.29 is 4.74 Å². The van der Waals surface area contributed by atoms with E-state index in [0.29, 0.717) is 5.92 Å². The molecule has 20 heavy (non-hydrogen) atoms. The van der Waals surface area contributed by atoms with Crippen molar-refractivity contribution in [2.24, 2.45) is 17.8 Å². The van der Waals surface area contributed by atoms with E-state index in [9.17, 15) is 0 Å². The zero-order valence-corrected chi connectivity index (χ0v) is 12.4. The molecule has 1 aromatic carbocycles. The Balaban J connectivity index is 1.84. The van der Waals surface area contributed by atoms with Crippen molar-refractivity contribution in [1.29, 1.82) is 0 Å². The summed E-state index contributed by atoms with van der Waals surface area (Å²) in [5.41, 5.74) is 5.86. The molecular weight excluding hydrogens is 243 g/mol. The average molecular weight is 264 g/mol. The van der Waals surface area contributed by atoms with Gasteiger partial charge in [0.2, 0.25) is 0 Å². The van der Waals surface area contributed by atoms with Gasteiger partial charge < -0.3 is 4.74 Å². The lowest BCUT2D eigenvalue weighted by Gasteiger charge is -2.47. The van der Waals surface area contributed by atoms with Crippen LogP contribution in [-0.2, 0) is 4.74 Å². The Hall–Kier alpha value is -1.44. The van der Waals surface area contributed by atoms with Crippen molar-refractivity contribution >= 4 is 19.1 Å². The lowest BCUT2D eigenvalue weighted by atomic mass is 9.58. The monoisotopic (exact) mass is 264 g/mol. The minimum atomic E-state index is 0.645. The first-order valence-electron chi connectivity index (χ1n) is 7.79. The van der Waals surface area contributed by atoms with Gasteiger partial charge in [0.25, 0.3) is 0 Å². The molecule has 5 rings (SSSR count). The smallest absolute Gasteiger partial charge is 0.139 e. The first-order valence-corrected chi connectivity index (χ1v) is 7.79. The van der Waals surface area contributed by atoms with Crippen LogP contribution in [0, 0.1) is 17.8 Å². The molecule has 0 heterocycles. The average Bonchev–Trinajstić information content (AvgIpc) is 2.42. The Labute approximate surface area is 122 Å². The van der Waals surface area contributed by atoms with Gasteiger partial charge in [-0.25, -0.2) is 0 Å². The van der Waals surface area contributed by atoms with Crippen molar-refractivity contribution in [2.45, 2.75) is 25.7 Å². The third kappa shape index (κ3) is 1.85. The number of ether oxygens (including phenoxy) is 1. The number of hydrogen-bond acceptors (Lipinski definition) is 1. The third-order valence-corrected chi connectivity index (χ3v) is 5.29. The second-order valence-electron chi connectivity index (χ2n) is 6.73. The van der Waals surface area contributed by atoms with Gasteiger partial charge in [-0.05, 0) is 43.1 Å². The van der Waals surface area contributed by atoms with Crippen LogP contribution in [0.2, 0.25) is 0 Å². The Bertz CT molecular complexity index is 614. The molecule has 0 aromatic heterocycles. The maximum Gasteiger partial charge on any atom is 0.139 e. The van der Waals surface area contributed by atoms with E-state index in [-0.39, 0.29) is 0 Å². The highest BCUT2D eigenvalue weighted by Gasteiger charge is 2.42. The van der Waals surface area contributed by atoms with Gasteiger partial charge in [-0.2, -0.15) is 0 Å². The van der Waals surface area contributed by atoms with Crippen LogP contribution >= 0.6 is 0 Å². The molecule has 2 saturated carbocycles. The molecule has 2 fully saturated rings. The standard InChI is InChI=1S/C18H21BO/c1-20-18(13-3-2-4-16(19)10-13)17-14-6-11-5-12(8-14)9-15(17)7-11/h2-4,6,10,12,14-15H,5,7-9,19H2,1H3/b18-17+. The molecule has 0 saturated heterocycles. The second-order valence-corrected chi connectivity index (χ2v) is 6.73. The molecule has 4 aliphatic carbocycles. The Morgan fingerprint density at radius 3 is 2.85 bits per heavy atom. The highest BCUT2D eigenvalue weighted by atomic mass is 16.5. The fourth-order valence-electron chi connectivity index (χ4n) is 4.67.